The SMILES string of the molecule is COCCOc1cc(C(=O)N2CCC(CC(=O)O)CC2)ccn1. The first-order valence-electron chi connectivity index (χ1n) is 7.69. The third-order valence-electron chi connectivity index (χ3n) is 3.88. The zero-order chi connectivity index (χ0) is 16.7. The molecule has 2 rings (SSSR count). The van der Waals surface area contributed by atoms with Gasteiger partial charge in [0.2, 0.25) is 5.88 Å². The van der Waals surface area contributed by atoms with Crippen LogP contribution < -0.4 is 4.74 Å². The topological polar surface area (TPSA) is 89.0 Å². The van der Waals surface area contributed by atoms with Crippen molar-refractivity contribution in [1.29, 1.82) is 0 Å². The van der Waals surface area contributed by atoms with Gasteiger partial charge in [0.15, 0.2) is 0 Å². The Morgan fingerprint density at radius 2 is 2.09 bits per heavy atom. The highest BCUT2D eigenvalue weighted by molar-refractivity contribution is 5.94. The number of carboxylic acid groups (broad SMARTS) is 1. The number of pyridine rings is 1. The first-order chi connectivity index (χ1) is 11.1. The molecular weight excluding hydrogens is 300 g/mol. The Morgan fingerprint density at radius 3 is 2.74 bits per heavy atom. The second-order valence-corrected chi connectivity index (χ2v) is 5.56. The summed E-state index contributed by atoms with van der Waals surface area (Å²) in [6.45, 7) is 2.00. The van der Waals surface area contributed by atoms with Gasteiger partial charge < -0.3 is 19.5 Å². The minimum atomic E-state index is -0.776. The van der Waals surface area contributed by atoms with Gasteiger partial charge in [-0.05, 0) is 24.8 Å². The zero-order valence-corrected chi connectivity index (χ0v) is 13.2. The van der Waals surface area contributed by atoms with E-state index in [2.05, 4.69) is 4.98 Å². The highest BCUT2D eigenvalue weighted by Gasteiger charge is 2.25. The second kappa shape index (κ2) is 8.47. The molecule has 1 saturated heterocycles. The maximum absolute atomic E-state index is 12.5. The molecule has 0 spiro atoms. The highest BCUT2D eigenvalue weighted by Crippen LogP contribution is 2.22. The van der Waals surface area contributed by atoms with Gasteiger partial charge in [0, 0.05) is 44.4 Å². The Balaban J connectivity index is 1.90. The molecule has 1 amide bonds. The second-order valence-electron chi connectivity index (χ2n) is 5.56. The van der Waals surface area contributed by atoms with Crippen molar-refractivity contribution < 1.29 is 24.2 Å². The molecule has 0 radical (unpaired) electrons. The number of carbonyl (C=O) groups excluding carboxylic acids is 1. The number of methoxy groups -OCH3 is 1. The van der Waals surface area contributed by atoms with Gasteiger partial charge in [-0.15, -0.1) is 0 Å². The van der Waals surface area contributed by atoms with Crippen molar-refractivity contribution in [1.82, 2.24) is 9.88 Å². The maximum Gasteiger partial charge on any atom is 0.303 e. The number of carboxylic acids is 1. The Kier molecular flexibility index (Phi) is 6.34. The lowest BCUT2D eigenvalue weighted by molar-refractivity contribution is -0.138. The molecule has 126 valence electrons. The van der Waals surface area contributed by atoms with E-state index in [1.807, 2.05) is 0 Å². The Hall–Kier alpha value is -2.15. The Morgan fingerprint density at radius 1 is 1.35 bits per heavy atom. The number of piperidine rings is 1. The van der Waals surface area contributed by atoms with Crippen LogP contribution in [0.3, 0.4) is 0 Å². The summed E-state index contributed by atoms with van der Waals surface area (Å²) < 4.78 is 10.3. The number of hydrogen-bond donors (Lipinski definition) is 1. The average molecular weight is 322 g/mol. The van der Waals surface area contributed by atoms with Crippen LogP contribution in [0.5, 0.6) is 5.88 Å². The van der Waals surface area contributed by atoms with E-state index in [4.69, 9.17) is 14.6 Å². The minimum Gasteiger partial charge on any atom is -0.481 e. The molecular formula is C16H22N2O5. The van der Waals surface area contributed by atoms with E-state index in [1.54, 1.807) is 30.3 Å². The minimum absolute atomic E-state index is 0.0715. The predicted molar refractivity (Wildman–Crippen MR) is 82.5 cm³/mol. The van der Waals surface area contributed by atoms with Crippen LogP contribution in [-0.2, 0) is 9.53 Å². The molecule has 1 aliphatic heterocycles. The number of aliphatic carboxylic acids is 1. The fraction of sp³-hybridized carbons (Fsp3) is 0.562. The van der Waals surface area contributed by atoms with Gasteiger partial charge in [-0.3, -0.25) is 9.59 Å². The lowest BCUT2D eigenvalue weighted by Gasteiger charge is -2.31. The normalized spacial score (nSPS) is 15.4. The molecule has 0 aliphatic carbocycles. The number of hydrogen-bond acceptors (Lipinski definition) is 5. The van der Waals surface area contributed by atoms with E-state index in [0.29, 0.717) is 37.7 Å². The quantitative estimate of drug-likeness (QED) is 0.764. The van der Waals surface area contributed by atoms with Gasteiger partial charge >= 0.3 is 5.97 Å². The molecule has 1 N–H and O–H groups in total. The van der Waals surface area contributed by atoms with E-state index in [9.17, 15) is 9.59 Å². The fourth-order valence-corrected chi connectivity index (χ4v) is 2.62. The summed E-state index contributed by atoms with van der Waals surface area (Å²) in [7, 11) is 1.59. The van der Waals surface area contributed by atoms with Crippen LogP contribution in [-0.4, -0.2) is 60.3 Å². The van der Waals surface area contributed by atoms with E-state index < -0.39 is 5.97 Å². The molecule has 1 fully saturated rings. The smallest absolute Gasteiger partial charge is 0.303 e. The van der Waals surface area contributed by atoms with Gasteiger partial charge in [-0.25, -0.2) is 4.98 Å². The van der Waals surface area contributed by atoms with E-state index in [0.717, 1.165) is 12.8 Å². The maximum atomic E-state index is 12.5. The number of rotatable bonds is 7. The molecule has 1 aliphatic rings. The summed E-state index contributed by atoms with van der Waals surface area (Å²) in [6, 6.07) is 3.29. The number of likely N-dealkylation sites (tertiary alicyclic amines) is 1. The van der Waals surface area contributed by atoms with E-state index in [-0.39, 0.29) is 18.2 Å². The van der Waals surface area contributed by atoms with Crippen LogP contribution in [0.1, 0.15) is 29.6 Å². The van der Waals surface area contributed by atoms with Crippen LogP contribution >= 0.6 is 0 Å². The van der Waals surface area contributed by atoms with Gasteiger partial charge in [-0.2, -0.15) is 0 Å². The Bertz CT molecular complexity index is 541. The summed E-state index contributed by atoms with van der Waals surface area (Å²) >= 11 is 0. The van der Waals surface area contributed by atoms with Gasteiger partial charge in [0.05, 0.1) is 6.61 Å². The number of nitrogens with zero attached hydrogens (tertiary/aromatic N) is 2. The molecule has 0 aromatic carbocycles. The van der Waals surface area contributed by atoms with Crippen LogP contribution in [0.25, 0.3) is 0 Å². The fourth-order valence-electron chi connectivity index (χ4n) is 2.62. The summed E-state index contributed by atoms with van der Waals surface area (Å²) in [6.07, 6.45) is 3.17. The first-order valence-corrected chi connectivity index (χ1v) is 7.69. The summed E-state index contributed by atoms with van der Waals surface area (Å²) in [5.74, 6) is -0.296. The molecule has 7 nitrogen and oxygen atoms in total. The van der Waals surface area contributed by atoms with E-state index in [1.165, 1.54) is 0 Å². The molecule has 0 bridgehead atoms. The van der Waals surface area contributed by atoms with Crippen molar-refractivity contribution in [3.8, 4) is 5.88 Å². The number of amides is 1. The van der Waals surface area contributed by atoms with Crippen molar-refractivity contribution in [3.63, 3.8) is 0 Å². The van der Waals surface area contributed by atoms with Gasteiger partial charge in [-0.1, -0.05) is 0 Å². The van der Waals surface area contributed by atoms with Crippen LogP contribution in [0.15, 0.2) is 18.3 Å². The largest absolute Gasteiger partial charge is 0.481 e. The average Bonchev–Trinajstić information content (AvgIpc) is 2.55. The molecule has 0 unspecified atom stereocenters. The Labute approximate surface area is 135 Å². The summed E-state index contributed by atoms with van der Waals surface area (Å²) in [5, 5.41) is 8.83. The predicted octanol–water partition coefficient (Wildman–Crippen LogP) is 1.43. The number of ether oxygens (including phenoxy) is 2. The summed E-state index contributed by atoms with van der Waals surface area (Å²) in [5.41, 5.74) is 0.532. The molecule has 23 heavy (non-hydrogen) atoms. The van der Waals surface area contributed by atoms with Crippen molar-refractivity contribution in [2.45, 2.75) is 19.3 Å². The van der Waals surface area contributed by atoms with Crippen molar-refractivity contribution >= 4 is 11.9 Å². The highest BCUT2D eigenvalue weighted by atomic mass is 16.5. The van der Waals surface area contributed by atoms with Crippen molar-refractivity contribution in [2.24, 2.45) is 5.92 Å². The van der Waals surface area contributed by atoms with Crippen molar-refractivity contribution in [3.05, 3.63) is 23.9 Å². The van der Waals surface area contributed by atoms with Crippen LogP contribution in [0.4, 0.5) is 0 Å². The van der Waals surface area contributed by atoms with Gasteiger partial charge in [0.25, 0.3) is 5.91 Å². The molecule has 0 atom stereocenters. The zero-order valence-electron chi connectivity index (χ0n) is 13.2. The monoisotopic (exact) mass is 322 g/mol. The number of carbonyl (C=O) groups is 2. The lowest BCUT2D eigenvalue weighted by Crippen LogP contribution is -2.38. The third-order valence-corrected chi connectivity index (χ3v) is 3.88. The van der Waals surface area contributed by atoms with Crippen LogP contribution in [0, 0.1) is 5.92 Å². The first kappa shape index (κ1) is 17.2. The summed E-state index contributed by atoms with van der Waals surface area (Å²) in [4.78, 5) is 29.1. The number of aromatic nitrogens is 1. The molecule has 1 aromatic rings. The molecule has 7 heteroatoms. The molecule has 0 saturated carbocycles. The van der Waals surface area contributed by atoms with Crippen molar-refractivity contribution in [2.75, 3.05) is 33.4 Å². The molecule has 2 heterocycles. The van der Waals surface area contributed by atoms with Crippen LogP contribution in [0.2, 0.25) is 0 Å². The third kappa shape index (κ3) is 5.21. The lowest BCUT2D eigenvalue weighted by atomic mass is 9.93. The molecule has 1 aromatic heterocycles. The van der Waals surface area contributed by atoms with E-state index >= 15 is 0 Å². The standard InChI is InChI=1S/C16H22N2O5/c1-22-8-9-23-14-11-13(2-5-17-14)16(21)18-6-3-12(4-7-18)10-15(19)20/h2,5,11-12H,3-4,6-10H2,1H3,(H,19,20). The van der Waals surface area contributed by atoms with Gasteiger partial charge in [0.1, 0.15) is 6.61 Å².